The highest BCUT2D eigenvalue weighted by Crippen LogP contribution is 2.33. The molecule has 1 aromatic heterocycles. The van der Waals surface area contributed by atoms with Gasteiger partial charge in [0.25, 0.3) is 0 Å². The van der Waals surface area contributed by atoms with Crippen LogP contribution in [0.1, 0.15) is 24.7 Å². The van der Waals surface area contributed by atoms with Crippen LogP contribution >= 0.6 is 0 Å². The predicted molar refractivity (Wildman–Crippen MR) is 110 cm³/mol. The first kappa shape index (κ1) is 21.3. The van der Waals surface area contributed by atoms with Crippen LogP contribution in [0.25, 0.3) is 11.4 Å². The molecule has 2 heterocycles. The number of halogens is 1. The third-order valence-electron chi connectivity index (χ3n) is 5.25. The molecule has 10 heteroatoms. The number of nitrogens with zero attached hydrogens (tertiary/aromatic N) is 3. The second kappa shape index (κ2) is 8.64. The zero-order valence-corrected chi connectivity index (χ0v) is 17.9. The molecule has 1 aliphatic heterocycles. The van der Waals surface area contributed by atoms with Crippen LogP contribution in [0.2, 0.25) is 0 Å². The third kappa shape index (κ3) is 4.26. The maximum absolute atomic E-state index is 13.5. The number of piperidine rings is 1. The summed E-state index contributed by atoms with van der Waals surface area (Å²) in [6.45, 7) is 0.540. The Balaban J connectivity index is 1.55. The lowest BCUT2D eigenvalue weighted by molar-refractivity contribution is 0.265. The first-order chi connectivity index (χ1) is 14.9. The average molecular weight is 447 g/mol. The lowest BCUT2D eigenvalue weighted by atomic mass is 10.00. The van der Waals surface area contributed by atoms with Crippen molar-refractivity contribution in [3.63, 3.8) is 0 Å². The molecule has 3 aromatic rings. The minimum atomic E-state index is -3.81. The van der Waals surface area contributed by atoms with Crippen molar-refractivity contribution < 1.29 is 26.8 Å². The van der Waals surface area contributed by atoms with Crippen molar-refractivity contribution in [1.82, 2.24) is 14.4 Å². The number of hydrogen-bond acceptors (Lipinski definition) is 7. The zero-order chi connectivity index (χ0) is 22.0. The van der Waals surface area contributed by atoms with Crippen LogP contribution in [0, 0.1) is 5.82 Å². The smallest absolute Gasteiger partial charge is 0.243 e. The Labute approximate surface area is 179 Å². The molecule has 0 N–H and O–H groups in total. The largest absolute Gasteiger partial charge is 0.493 e. The predicted octanol–water partition coefficient (Wildman–Crippen LogP) is 3.46. The van der Waals surface area contributed by atoms with Crippen molar-refractivity contribution in [1.29, 1.82) is 0 Å². The van der Waals surface area contributed by atoms with Crippen molar-refractivity contribution in [2.24, 2.45) is 0 Å². The summed E-state index contributed by atoms with van der Waals surface area (Å²) in [5.41, 5.74) is 0.688. The molecule has 31 heavy (non-hydrogen) atoms. The molecule has 0 bridgehead atoms. The number of methoxy groups -OCH3 is 2. The molecule has 1 aliphatic rings. The molecule has 8 nitrogen and oxygen atoms in total. The van der Waals surface area contributed by atoms with Gasteiger partial charge in [-0.15, -0.1) is 0 Å². The van der Waals surface area contributed by atoms with Crippen molar-refractivity contribution in [2.75, 3.05) is 27.3 Å². The molecule has 0 radical (unpaired) electrons. The van der Waals surface area contributed by atoms with E-state index in [4.69, 9.17) is 14.0 Å². The first-order valence-electron chi connectivity index (χ1n) is 9.74. The first-order valence-corrected chi connectivity index (χ1v) is 11.2. The maximum Gasteiger partial charge on any atom is 0.243 e. The number of ether oxygens (including phenoxy) is 2. The van der Waals surface area contributed by atoms with E-state index in [2.05, 4.69) is 10.1 Å². The molecule has 0 aliphatic carbocycles. The fourth-order valence-electron chi connectivity index (χ4n) is 3.63. The lowest BCUT2D eigenvalue weighted by Crippen LogP contribution is -2.39. The summed E-state index contributed by atoms with van der Waals surface area (Å²) in [6, 6.07) is 10.3. The van der Waals surface area contributed by atoms with Crippen LogP contribution in [0.4, 0.5) is 4.39 Å². The summed E-state index contributed by atoms with van der Waals surface area (Å²) in [7, 11) is -0.722. The molecule has 164 valence electrons. The highest BCUT2D eigenvalue weighted by Gasteiger charge is 2.33. The van der Waals surface area contributed by atoms with Gasteiger partial charge in [-0.05, 0) is 49.2 Å². The van der Waals surface area contributed by atoms with Gasteiger partial charge in [-0.3, -0.25) is 0 Å². The lowest BCUT2D eigenvalue weighted by Gasteiger charge is -2.30. The second-order valence-electron chi connectivity index (χ2n) is 7.19. The molecule has 0 spiro atoms. The van der Waals surface area contributed by atoms with Crippen molar-refractivity contribution in [2.45, 2.75) is 23.7 Å². The van der Waals surface area contributed by atoms with E-state index in [1.54, 1.807) is 32.4 Å². The Morgan fingerprint density at radius 2 is 1.94 bits per heavy atom. The average Bonchev–Trinajstić information content (AvgIpc) is 3.29. The van der Waals surface area contributed by atoms with E-state index >= 15 is 0 Å². The number of sulfonamides is 1. The minimum Gasteiger partial charge on any atom is -0.493 e. The van der Waals surface area contributed by atoms with Gasteiger partial charge >= 0.3 is 0 Å². The van der Waals surface area contributed by atoms with Gasteiger partial charge in [0.2, 0.25) is 21.7 Å². The Morgan fingerprint density at radius 3 is 2.68 bits per heavy atom. The van der Waals surface area contributed by atoms with Crippen LogP contribution in [0.5, 0.6) is 11.5 Å². The van der Waals surface area contributed by atoms with E-state index in [1.807, 2.05) is 0 Å². The van der Waals surface area contributed by atoms with Gasteiger partial charge in [-0.2, -0.15) is 9.29 Å². The molecule has 1 unspecified atom stereocenters. The van der Waals surface area contributed by atoms with Gasteiger partial charge in [0.15, 0.2) is 11.5 Å². The standard InChI is InChI=1S/C21H22FN3O5S/c1-28-18-9-8-14(11-19(18)29-2)20-23-21(30-24-20)15-5-4-10-25(13-15)31(26,27)17-7-3-6-16(22)12-17/h3,6-9,11-12,15H,4-5,10,13H2,1-2H3. The molecule has 0 amide bonds. The van der Waals surface area contributed by atoms with E-state index in [-0.39, 0.29) is 17.4 Å². The molecule has 1 fully saturated rings. The van der Waals surface area contributed by atoms with Gasteiger partial charge in [0, 0.05) is 18.7 Å². The molecule has 1 atom stereocenters. The summed E-state index contributed by atoms with van der Waals surface area (Å²) < 4.78 is 56.8. The number of rotatable bonds is 6. The van der Waals surface area contributed by atoms with Crippen LogP contribution in [-0.2, 0) is 10.0 Å². The number of aromatic nitrogens is 2. The topological polar surface area (TPSA) is 94.8 Å². The van der Waals surface area contributed by atoms with Crippen LogP contribution in [0.3, 0.4) is 0 Å². The summed E-state index contributed by atoms with van der Waals surface area (Å²) in [6.07, 6.45) is 1.34. The van der Waals surface area contributed by atoms with Crippen molar-refractivity contribution >= 4 is 10.0 Å². The Hall–Kier alpha value is -2.98. The quantitative estimate of drug-likeness (QED) is 0.571. The Bertz CT molecular complexity index is 1180. The van der Waals surface area contributed by atoms with E-state index < -0.39 is 15.8 Å². The summed E-state index contributed by atoms with van der Waals surface area (Å²) in [5, 5.41) is 4.05. The summed E-state index contributed by atoms with van der Waals surface area (Å²) in [5.74, 6) is 1.02. The van der Waals surface area contributed by atoms with E-state index in [0.29, 0.717) is 48.2 Å². The van der Waals surface area contributed by atoms with Crippen LogP contribution < -0.4 is 9.47 Å². The molecular formula is C21H22FN3O5S. The van der Waals surface area contributed by atoms with Crippen molar-refractivity contribution in [3.05, 3.63) is 54.2 Å². The Kier molecular flexibility index (Phi) is 5.92. The van der Waals surface area contributed by atoms with E-state index in [1.165, 1.54) is 22.5 Å². The zero-order valence-electron chi connectivity index (χ0n) is 17.1. The minimum absolute atomic E-state index is 0.0651. The highest BCUT2D eigenvalue weighted by atomic mass is 32.2. The van der Waals surface area contributed by atoms with Crippen molar-refractivity contribution in [3.8, 4) is 22.9 Å². The van der Waals surface area contributed by atoms with Gasteiger partial charge < -0.3 is 14.0 Å². The molecular weight excluding hydrogens is 425 g/mol. The molecule has 1 saturated heterocycles. The van der Waals surface area contributed by atoms with Gasteiger partial charge in [-0.1, -0.05) is 11.2 Å². The fourth-order valence-corrected chi connectivity index (χ4v) is 5.19. The fraction of sp³-hybridized carbons (Fsp3) is 0.333. The van der Waals surface area contributed by atoms with Crippen LogP contribution in [-0.4, -0.2) is 50.2 Å². The monoisotopic (exact) mass is 447 g/mol. The highest BCUT2D eigenvalue weighted by molar-refractivity contribution is 7.89. The van der Waals surface area contributed by atoms with Gasteiger partial charge in [0.05, 0.1) is 25.0 Å². The van der Waals surface area contributed by atoms with Gasteiger partial charge in [-0.25, -0.2) is 12.8 Å². The normalized spacial score (nSPS) is 17.5. The second-order valence-corrected chi connectivity index (χ2v) is 9.12. The van der Waals surface area contributed by atoms with Gasteiger partial charge in [0.1, 0.15) is 5.82 Å². The third-order valence-corrected chi connectivity index (χ3v) is 7.11. The molecule has 0 saturated carbocycles. The van der Waals surface area contributed by atoms with E-state index in [9.17, 15) is 12.8 Å². The SMILES string of the molecule is COc1ccc(-c2noc(C3CCCN(S(=O)(=O)c4cccc(F)c4)C3)n2)cc1OC. The molecule has 4 rings (SSSR count). The summed E-state index contributed by atoms with van der Waals surface area (Å²) >= 11 is 0. The Morgan fingerprint density at radius 1 is 1.13 bits per heavy atom. The number of hydrogen-bond donors (Lipinski definition) is 0. The summed E-state index contributed by atoms with van der Waals surface area (Å²) in [4.78, 5) is 4.42. The maximum atomic E-state index is 13.5. The molecule has 2 aromatic carbocycles. The van der Waals surface area contributed by atoms with Crippen LogP contribution in [0.15, 0.2) is 51.9 Å². The van der Waals surface area contributed by atoms with E-state index in [0.717, 1.165) is 6.07 Å². The number of benzene rings is 2.